The number of nitrogens with one attached hydrogen (secondary N) is 1. The Bertz CT molecular complexity index is 646. The first-order valence-electron chi connectivity index (χ1n) is 5.19. The van der Waals surface area contributed by atoms with Crippen molar-refractivity contribution >= 4 is 27.5 Å². The highest BCUT2D eigenvalue weighted by atomic mass is 79.9. The number of anilines is 1. The monoisotopic (exact) mass is 329 g/mol. The molecule has 2 aromatic rings. The van der Waals surface area contributed by atoms with Gasteiger partial charge in [0.05, 0.1) is 15.7 Å². The van der Waals surface area contributed by atoms with E-state index in [9.17, 15) is 18.0 Å². The Morgan fingerprint density at radius 3 is 2.53 bits per heavy atom. The molecule has 0 unspecified atom stereocenters. The van der Waals surface area contributed by atoms with Gasteiger partial charge < -0.3 is 5.32 Å². The summed E-state index contributed by atoms with van der Waals surface area (Å²) < 4.78 is 39.5. The highest BCUT2D eigenvalue weighted by molar-refractivity contribution is 9.10. The minimum absolute atomic E-state index is 0.0105. The van der Waals surface area contributed by atoms with E-state index < -0.39 is 23.4 Å². The highest BCUT2D eigenvalue weighted by Gasteiger charge is 2.15. The van der Waals surface area contributed by atoms with Gasteiger partial charge >= 0.3 is 0 Å². The second kappa shape index (κ2) is 5.44. The summed E-state index contributed by atoms with van der Waals surface area (Å²) in [6.45, 7) is 0. The predicted molar refractivity (Wildman–Crippen MR) is 68.4 cm³/mol. The van der Waals surface area contributed by atoms with Crippen LogP contribution in [0.15, 0.2) is 40.9 Å². The third kappa shape index (κ3) is 2.96. The van der Waals surface area contributed by atoms with Crippen LogP contribution < -0.4 is 5.32 Å². The molecule has 0 saturated heterocycles. The minimum atomic E-state index is -0.776. The van der Waals surface area contributed by atoms with Crippen molar-refractivity contribution in [1.82, 2.24) is 0 Å². The molecule has 2 aromatic carbocycles. The topological polar surface area (TPSA) is 29.1 Å². The van der Waals surface area contributed by atoms with Crippen LogP contribution in [0.25, 0.3) is 0 Å². The number of benzene rings is 2. The number of rotatable bonds is 2. The summed E-state index contributed by atoms with van der Waals surface area (Å²) in [5.74, 6) is -2.82. The van der Waals surface area contributed by atoms with Crippen molar-refractivity contribution in [3.8, 4) is 0 Å². The molecule has 2 nitrogen and oxygen atoms in total. The van der Waals surface area contributed by atoms with Crippen LogP contribution >= 0.6 is 15.9 Å². The Balaban J connectivity index is 2.31. The quantitative estimate of drug-likeness (QED) is 0.882. The van der Waals surface area contributed by atoms with E-state index in [1.807, 2.05) is 0 Å². The van der Waals surface area contributed by atoms with Gasteiger partial charge in [0.2, 0.25) is 0 Å². The van der Waals surface area contributed by atoms with Gasteiger partial charge in [0.1, 0.15) is 17.5 Å². The summed E-state index contributed by atoms with van der Waals surface area (Å²) in [6, 6.07) is 6.55. The third-order valence-corrected chi connectivity index (χ3v) is 3.18. The molecule has 1 amide bonds. The van der Waals surface area contributed by atoms with E-state index in [-0.39, 0.29) is 15.7 Å². The highest BCUT2D eigenvalue weighted by Crippen LogP contribution is 2.22. The van der Waals surface area contributed by atoms with Crippen LogP contribution in [0.2, 0.25) is 0 Å². The first kappa shape index (κ1) is 13.6. The van der Waals surface area contributed by atoms with Crippen LogP contribution in [0.4, 0.5) is 18.9 Å². The Kier molecular flexibility index (Phi) is 3.90. The molecule has 0 heterocycles. The van der Waals surface area contributed by atoms with E-state index in [0.29, 0.717) is 0 Å². The first-order chi connectivity index (χ1) is 8.99. The fourth-order valence-corrected chi connectivity index (χ4v) is 1.91. The van der Waals surface area contributed by atoms with Crippen molar-refractivity contribution < 1.29 is 18.0 Å². The van der Waals surface area contributed by atoms with E-state index >= 15 is 0 Å². The zero-order chi connectivity index (χ0) is 14.0. The van der Waals surface area contributed by atoms with Crippen LogP contribution in [-0.2, 0) is 0 Å². The molecular weight excluding hydrogens is 323 g/mol. The van der Waals surface area contributed by atoms with Gasteiger partial charge in [-0.2, -0.15) is 0 Å². The molecule has 0 fully saturated rings. The SMILES string of the molecule is O=C(Nc1cc(F)ccc1F)c1cccc(F)c1Br. The van der Waals surface area contributed by atoms with Crippen molar-refractivity contribution in [2.24, 2.45) is 0 Å². The molecule has 0 radical (unpaired) electrons. The lowest BCUT2D eigenvalue weighted by atomic mass is 10.2. The zero-order valence-corrected chi connectivity index (χ0v) is 11.0. The molecule has 0 aliphatic rings. The normalized spacial score (nSPS) is 10.3. The Hall–Kier alpha value is -1.82. The molecule has 19 heavy (non-hydrogen) atoms. The fourth-order valence-electron chi connectivity index (χ4n) is 1.46. The molecule has 0 bridgehead atoms. The molecule has 0 aliphatic carbocycles. The van der Waals surface area contributed by atoms with E-state index in [0.717, 1.165) is 18.2 Å². The molecule has 1 N–H and O–H groups in total. The van der Waals surface area contributed by atoms with Crippen molar-refractivity contribution in [1.29, 1.82) is 0 Å². The van der Waals surface area contributed by atoms with E-state index in [2.05, 4.69) is 21.2 Å². The molecule has 0 aromatic heterocycles. The number of carbonyl (C=O) groups is 1. The maximum atomic E-state index is 13.4. The lowest BCUT2D eigenvalue weighted by Gasteiger charge is -2.08. The molecule has 0 atom stereocenters. The van der Waals surface area contributed by atoms with Gasteiger partial charge in [-0.3, -0.25) is 4.79 Å². The maximum Gasteiger partial charge on any atom is 0.256 e. The average Bonchev–Trinajstić information content (AvgIpc) is 2.37. The Morgan fingerprint density at radius 1 is 1.05 bits per heavy atom. The molecule has 2 rings (SSSR count). The molecule has 98 valence electrons. The smallest absolute Gasteiger partial charge is 0.256 e. The third-order valence-electron chi connectivity index (χ3n) is 2.37. The van der Waals surface area contributed by atoms with Crippen molar-refractivity contribution in [3.63, 3.8) is 0 Å². The number of hydrogen-bond donors (Lipinski definition) is 1. The Labute approximate surface area is 115 Å². The summed E-state index contributed by atoms with van der Waals surface area (Å²) in [5.41, 5.74) is -0.315. The minimum Gasteiger partial charge on any atom is -0.319 e. The summed E-state index contributed by atoms with van der Waals surface area (Å²) in [7, 11) is 0. The van der Waals surface area contributed by atoms with E-state index in [4.69, 9.17) is 0 Å². The van der Waals surface area contributed by atoms with Crippen molar-refractivity contribution in [2.75, 3.05) is 5.32 Å². The van der Waals surface area contributed by atoms with Crippen LogP contribution in [-0.4, -0.2) is 5.91 Å². The fraction of sp³-hybridized carbons (Fsp3) is 0. The van der Waals surface area contributed by atoms with E-state index in [1.54, 1.807) is 0 Å². The van der Waals surface area contributed by atoms with Gasteiger partial charge in [0.25, 0.3) is 5.91 Å². The molecule has 0 aliphatic heterocycles. The van der Waals surface area contributed by atoms with Gasteiger partial charge in [-0.05, 0) is 40.2 Å². The largest absolute Gasteiger partial charge is 0.319 e. The number of amides is 1. The van der Waals surface area contributed by atoms with Crippen molar-refractivity contribution in [3.05, 3.63) is 63.9 Å². The summed E-state index contributed by atoms with van der Waals surface area (Å²) in [4.78, 5) is 11.9. The zero-order valence-electron chi connectivity index (χ0n) is 9.38. The number of halogens is 4. The average molecular weight is 330 g/mol. The van der Waals surface area contributed by atoms with Crippen molar-refractivity contribution in [2.45, 2.75) is 0 Å². The molecular formula is C13H7BrF3NO. The molecule has 0 saturated carbocycles. The lowest BCUT2D eigenvalue weighted by Crippen LogP contribution is -2.14. The number of hydrogen-bond acceptors (Lipinski definition) is 1. The first-order valence-corrected chi connectivity index (χ1v) is 5.99. The van der Waals surface area contributed by atoms with E-state index in [1.165, 1.54) is 18.2 Å². The maximum absolute atomic E-state index is 13.4. The summed E-state index contributed by atoms with van der Waals surface area (Å²) in [6.07, 6.45) is 0. The van der Waals surface area contributed by atoms with Crippen LogP contribution in [0.5, 0.6) is 0 Å². The molecule has 6 heteroatoms. The second-order valence-electron chi connectivity index (χ2n) is 3.68. The number of carbonyl (C=O) groups excluding carboxylic acids is 1. The van der Waals surface area contributed by atoms with Crippen LogP contribution in [0, 0.1) is 17.5 Å². The van der Waals surface area contributed by atoms with Crippen LogP contribution in [0.1, 0.15) is 10.4 Å². The van der Waals surface area contributed by atoms with Crippen LogP contribution in [0.3, 0.4) is 0 Å². The predicted octanol–water partition coefficient (Wildman–Crippen LogP) is 4.12. The summed E-state index contributed by atoms with van der Waals surface area (Å²) >= 11 is 2.92. The van der Waals surface area contributed by atoms with Gasteiger partial charge in [-0.15, -0.1) is 0 Å². The lowest BCUT2D eigenvalue weighted by molar-refractivity contribution is 0.102. The second-order valence-corrected chi connectivity index (χ2v) is 4.47. The van der Waals surface area contributed by atoms with Gasteiger partial charge in [0.15, 0.2) is 0 Å². The molecule has 0 spiro atoms. The Morgan fingerprint density at radius 2 is 1.79 bits per heavy atom. The summed E-state index contributed by atoms with van der Waals surface area (Å²) in [5, 5.41) is 2.18. The van der Waals surface area contributed by atoms with Gasteiger partial charge in [-0.1, -0.05) is 6.07 Å². The van der Waals surface area contributed by atoms with Gasteiger partial charge in [0, 0.05) is 6.07 Å². The standard InChI is InChI=1S/C13H7BrF3NO/c14-12-8(2-1-3-10(12)17)13(19)18-11-6-7(15)4-5-9(11)16/h1-6H,(H,18,19). The van der Waals surface area contributed by atoms with Gasteiger partial charge in [-0.25, -0.2) is 13.2 Å².